The van der Waals surface area contributed by atoms with Gasteiger partial charge in [0.25, 0.3) is 5.91 Å². The molecule has 0 unspecified atom stereocenters. The number of amides is 1. The minimum atomic E-state index is -0.0658. The molecule has 5 nitrogen and oxygen atoms in total. The number of nitrogens with zero attached hydrogens (tertiary/aromatic N) is 2. The molecule has 0 spiro atoms. The monoisotopic (exact) mass is 366 g/mol. The Bertz CT molecular complexity index is 1210. The normalized spacial score (nSPS) is 14.4. The van der Waals surface area contributed by atoms with Gasteiger partial charge in [0.2, 0.25) is 0 Å². The van der Waals surface area contributed by atoms with Gasteiger partial charge in [0.05, 0.1) is 11.2 Å². The number of pyridine rings is 1. The number of rotatable bonds is 4. The van der Waals surface area contributed by atoms with E-state index in [0.29, 0.717) is 5.57 Å². The lowest BCUT2D eigenvalue weighted by Gasteiger charge is -2.01. The number of para-hydroxylation sites is 1. The van der Waals surface area contributed by atoms with E-state index in [9.17, 15) is 4.79 Å². The van der Waals surface area contributed by atoms with Crippen LogP contribution in [0.4, 0.5) is 5.69 Å². The summed E-state index contributed by atoms with van der Waals surface area (Å²) in [6.07, 6.45) is 7.34. The van der Waals surface area contributed by atoms with Crippen molar-refractivity contribution in [1.29, 1.82) is 0 Å². The summed E-state index contributed by atoms with van der Waals surface area (Å²) >= 11 is 0. The first-order valence-corrected chi connectivity index (χ1v) is 9.26. The SMILES string of the molecule is O=C1Nc2ccccc2/C1=C/c1ccc2c(CCc3ccncc3)n[nH]c2c1. The topological polar surface area (TPSA) is 70.7 Å². The van der Waals surface area contributed by atoms with Crippen LogP contribution in [-0.2, 0) is 17.6 Å². The van der Waals surface area contributed by atoms with Crippen LogP contribution in [0, 0.1) is 0 Å². The van der Waals surface area contributed by atoms with Crippen molar-refractivity contribution >= 4 is 34.1 Å². The Balaban J connectivity index is 1.43. The average Bonchev–Trinajstić information content (AvgIpc) is 3.28. The van der Waals surface area contributed by atoms with Crippen molar-refractivity contribution in [3.05, 3.63) is 89.4 Å². The fourth-order valence-electron chi connectivity index (χ4n) is 3.64. The fraction of sp³-hybridized carbons (Fsp3) is 0.0870. The maximum atomic E-state index is 12.3. The van der Waals surface area contributed by atoms with E-state index in [-0.39, 0.29) is 5.91 Å². The van der Waals surface area contributed by atoms with Gasteiger partial charge in [-0.3, -0.25) is 14.9 Å². The van der Waals surface area contributed by atoms with E-state index in [1.165, 1.54) is 5.56 Å². The predicted octanol–water partition coefficient (Wildman–Crippen LogP) is 4.24. The van der Waals surface area contributed by atoms with E-state index in [2.05, 4.69) is 26.6 Å². The highest BCUT2D eigenvalue weighted by Crippen LogP contribution is 2.33. The molecule has 0 saturated heterocycles. The fourth-order valence-corrected chi connectivity index (χ4v) is 3.64. The van der Waals surface area contributed by atoms with Gasteiger partial charge < -0.3 is 5.32 Å². The molecule has 1 aliphatic heterocycles. The maximum Gasteiger partial charge on any atom is 0.256 e. The maximum absolute atomic E-state index is 12.3. The van der Waals surface area contributed by atoms with E-state index in [1.54, 1.807) is 0 Å². The van der Waals surface area contributed by atoms with Crippen LogP contribution in [0.2, 0.25) is 0 Å². The number of benzene rings is 2. The van der Waals surface area contributed by atoms with Crippen molar-refractivity contribution in [3.63, 3.8) is 0 Å². The summed E-state index contributed by atoms with van der Waals surface area (Å²) in [5, 5.41) is 11.6. The minimum absolute atomic E-state index is 0.0658. The summed E-state index contributed by atoms with van der Waals surface area (Å²) in [5.74, 6) is -0.0658. The smallest absolute Gasteiger partial charge is 0.256 e. The zero-order valence-electron chi connectivity index (χ0n) is 15.1. The number of fused-ring (bicyclic) bond motifs is 2. The van der Waals surface area contributed by atoms with Gasteiger partial charge in [-0.05, 0) is 54.3 Å². The number of carbonyl (C=O) groups is 1. The van der Waals surface area contributed by atoms with Gasteiger partial charge in [-0.25, -0.2) is 0 Å². The number of aromatic nitrogens is 3. The van der Waals surface area contributed by atoms with Crippen molar-refractivity contribution < 1.29 is 4.79 Å². The Morgan fingerprint density at radius 3 is 2.71 bits per heavy atom. The van der Waals surface area contributed by atoms with Crippen LogP contribution in [0.25, 0.3) is 22.6 Å². The van der Waals surface area contributed by atoms with Crippen LogP contribution in [0.5, 0.6) is 0 Å². The molecule has 2 aromatic heterocycles. The molecule has 0 fully saturated rings. The second kappa shape index (κ2) is 6.78. The van der Waals surface area contributed by atoms with E-state index < -0.39 is 0 Å². The summed E-state index contributed by atoms with van der Waals surface area (Å²) in [6, 6.07) is 18.0. The first-order valence-electron chi connectivity index (χ1n) is 9.26. The molecule has 0 radical (unpaired) electrons. The Labute approximate surface area is 162 Å². The highest BCUT2D eigenvalue weighted by atomic mass is 16.2. The van der Waals surface area contributed by atoms with Gasteiger partial charge in [0.15, 0.2) is 0 Å². The van der Waals surface area contributed by atoms with Crippen LogP contribution in [0.1, 0.15) is 22.4 Å². The van der Waals surface area contributed by atoms with Crippen molar-refractivity contribution in [2.45, 2.75) is 12.8 Å². The molecular weight excluding hydrogens is 348 g/mol. The van der Waals surface area contributed by atoms with Gasteiger partial charge in [0, 0.05) is 34.6 Å². The lowest BCUT2D eigenvalue weighted by Crippen LogP contribution is -2.03. The third-order valence-electron chi connectivity index (χ3n) is 5.09. The van der Waals surface area contributed by atoms with Crippen molar-refractivity contribution in [2.75, 3.05) is 5.32 Å². The zero-order chi connectivity index (χ0) is 18.9. The van der Waals surface area contributed by atoms with Gasteiger partial charge in [-0.2, -0.15) is 5.10 Å². The van der Waals surface area contributed by atoms with Crippen molar-refractivity contribution in [2.24, 2.45) is 0 Å². The Hall–Kier alpha value is -3.73. The van der Waals surface area contributed by atoms with Gasteiger partial charge >= 0.3 is 0 Å². The molecule has 5 heteroatoms. The first kappa shape index (κ1) is 16.4. The van der Waals surface area contributed by atoms with Gasteiger partial charge in [0.1, 0.15) is 0 Å². The number of aromatic amines is 1. The largest absolute Gasteiger partial charge is 0.321 e. The third kappa shape index (κ3) is 2.97. The zero-order valence-corrected chi connectivity index (χ0v) is 15.1. The quantitative estimate of drug-likeness (QED) is 0.531. The van der Waals surface area contributed by atoms with Crippen molar-refractivity contribution in [3.8, 4) is 0 Å². The molecular formula is C23H18N4O. The lowest BCUT2D eigenvalue weighted by atomic mass is 10.0. The third-order valence-corrected chi connectivity index (χ3v) is 5.09. The average molecular weight is 366 g/mol. The van der Waals surface area contributed by atoms with Crippen LogP contribution in [0.3, 0.4) is 0 Å². The molecule has 0 aliphatic carbocycles. The van der Waals surface area contributed by atoms with E-state index in [0.717, 1.165) is 46.3 Å². The molecule has 28 heavy (non-hydrogen) atoms. The van der Waals surface area contributed by atoms with E-state index in [4.69, 9.17) is 0 Å². The number of hydrogen-bond donors (Lipinski definition) is 2. The molecule has 0 saturated carbocycles. The van der Waals surface area contributed by atoms with Crippen LogP contribution in [-0.4, -0.2) is 21.1 Å². The number of anilines is 1. The van der Waals surface area contributed by atoms with Gasteiger partial charge in [-0.15, -0.1) is 0 Å². The summed E-state index contributed by atoms with van der Waals surface area (Å²) in [6.45, 7) is 0. The van der Waals surface area contributed by atoms with E-state index in [1.807, 2.05) is 67.0 Å². The summed E-state index contributed by atoms with van der Waals surface area (Å²) < 4.78 is 0. The second-order valence-corrected chi connectivity index (χ2v) is 6.89. The summed E-state index contributed by atoms with van der Waals surface area (Å²) in [5.41, 5.74) is 6.74. The number of carbonyl (C=O) groups excluding carboxylic acids is 1. The predicted molar refractivity (Wildman–Crippen MR) is 111 cm³/mol. The Morgan fingerprint density at radius 1 is 0.964 bits per heavy atom. The van der Waals surface area contributed by atoms with Gasteiger partial charge in [-0.1, -0.05) is 30.3 Å². The standard InChI is InChI=1S/C23H18N4O/c28-23-19(17-3-1-2-4-20(17)25-23)13-16-5-7-18-21(26-27-22(18)14-16)8-6-15-9-11-24-12-10-15/h1-5,7,9-14H,6,8H2,(H,25,28)(H,26,27)/b19-13-. The first-order chi connectivity index (χ1) is 13.8. The van der Waals surface area contributed by atoms with Crippen LogP contribution < -0.4 is 5.32 Å². The van der Waals surface area contributed by atoms with Crippen LogP contribution in [0.15, 0.2) is 67.0 Å². The molecule has 2 N–H and O–H groups in total. The number of aryl methyl sites for hydroxylation is 2. The molecule has 5 rings (SSSR count). The highest BCUT2D eigenvalue weighted by molar-refractivity contribution is 6.34. The molecule has 136 valence electrons. The van der Waals surface area contributed by atoms with Crippen LogP contribution >= 0.6 is 0 Å². The van der Waals surface area contributed by atoms with Crippen molar-refractivity contribution in [1.82, 2.24) is 15.2 Å². The highest BCUT2D eigenvalue weighted by Gasteiger charge is 2.23. The number of H-pyrrole nitrogens is 1. The Kier molecular flexibility index (Phi) is 3.98. The number of hydrogen-bond acceptors (Lipinski definition) is 3. The minimum Gasteiger partial charge on any atom is -0.321 e. The lowest BCUT2D eigenvalue weighted by molar-refractivity contribution is -0.110. The number of nitrogens with one attached hydrogen (secondary N) is 2. The summed E-state index contributed by atoms with van der Waals surface area (Å²) in [4.78, 5) is 16.4. The Morgan fingerprint density at radius 2 is 1.82 bits per heavy atom. The molecule has 0 atom stereocenters. The summed E-state index contributed by atoms with van der Waals surface area (Å²) in [7, 11) is 0. The van der Waals surface area contributed by atoms with E-state index >= 15 is 0 Å². The second-order valence-electron chi connectivity index (χ2n) is 6.89. The molecule has 1 amide bonds. The molecule has 0 bridgehead atoms. The molecule has 4 aromatic rings. The molecule has 2 aromatic carbocycles. The molecule has 1 aliphatic rings. The molecule has 3 heterocycles.